The minimum atomic E-state index is -0.115. The highest BCUT2D eigenvalue weighted by Gasteiger charge is 2.37. The molecule has 0 amide bonds. The Morgan fingerprint density at radius 3 is 2.06 bits per heavy atom. The number of hydrogen-bond donors (Lipinski definition) is 0. The summed E-state index contributed by atoms with van der Waals surface area (Å²) < 4.78 is 11.6. The van der Waals surface area contributed by atoms with E-state index in [1.807, 2.05) is 29.7 Å². The van der Waals surface area contributed by atoms with Crippen molar-refractivity contribution in [1.29, 1.82) is 0 Å². The molecule has 9 aromatic rings. The number of ether oxygens (including phenoxy) is 1. The van der Waals surface area contributed by atoms with E-state index in [0.29, 0.717) is 6.67 Å². The predicted molar refractivity (Wildman–Crippen MR) is 227 cm³/mol. The van der Waals surface area contributed by atoms with E-state index in [-0.39, 0.29) is 5.54 Å². The topological polar surface area (TPSA) is 33.5 Å². The maximum absolute atomic E-state index is 6.77. The van der Waals surface area contributed by atoms with Gasteiger partial charge in [0.05, 0.1) is 29.1 Å². The van der Waals surface area contributed by atoms with Gasteiger partial charge in [0.1, 0.15) is 17.3 Å². The zero-order valence-electron chi connectivity index (χ0n) is 30.4. The average molecular weight is 719 g/mol. The summed E-state index contributed by atoms with van der Waals surface area (Å²) in [6, 6.07) is 55.8. The van der Waals surface area contributed by atoms with Crippen LogP contribution < -0.4 is 9.64 Å². The molecule has 0 N–H and O–H groups in total. The van der Waals surface area contributed by atoms with E-state index in [2.05, 4.69) is 181 Å². The van der Waals surface area contributed by atoms with Gasteiger partial charge in [-0.3, -0.25) is 4.57 Å². The summed E-state index contributed by atoms with van der Waals surface area (Å²) in [5, 5.41) is 4.89. The van der Waals surface area contributed by atoms with Gasteiger partial charge in [-0.15, -0.1) is 11.3 Å². The number of aromatic nitrogens is 2. The first-order valence-electron chi connectivity index (χ1n) is 18.4. The summed E-state index contributed by atoms with van der Waals surface area (Å²) in [5.41, 5.74) is 7.97. The van der Waals surface area contributed by atoms with Gasteiger partial charge >= 0.3 is 0 Å². The van der Waals surface area contributed by atoms with Crippen molar-refractivity contribution in [2.24, 2.45) is 0 Å². The standard InChI is InChI=1S/C48H38N4OS/c1-48(2,3)51-31-50(45(32-15-6-4-7-16-32)46(51)33-17-8-5-9-18-33)34-19-14-20-35(29-34)53-36-24-25-37-38-26-27-42-44(39-21-10-11-22-41(39)54-42)47(38)52(40(37)30-36)43-23-12-13-28-49-43/h4-30H,31H2,1-3H3. The molecule has 1 aliphatic heterocycles. The smallest absolute Gasteiger partial charge is 0.137 e. The maximum atomic E-state index is 6.77. The second-order valence-corrected chi connectivity index (χ2v) is 15.9. The fourth-order valence-corrected chi connectivity index (χ4v) is 9.11. The Morgan fingerprint density at radius 2 is 1.30 bits per heavy atom. The van der Waals surface area contributed by atoms with Gasteiger partial charge in [-0.1, -0.05) is 97.1 Å². The molecule has 3 aromatic heterocycles. The summed E-state index contributed by atoms with van der Waals surface area (Å²) >= 11 is 1.84. The van der Waals surface area contributed by atoms with Crippen LogP contribution in [-0.2, 0) is 0 Å². The number of anilines is 1. The maximum Gasteiger partial charge on any atom is 0.137 e. The van der Waals surface area contributed by atoms with E-state index in [0.717, 1.165) is 28.5 Å². The number of benzene rings is 6. The minimum absolute atomic E-state index is 0.115. The van der Waals surface area contributed by atoms with E-state index in [9.17, 15) is 0 Å². The zero-order valence-corrected chi connectivity index (χ0v) is 31.2. The number of nitrogens with zero attached hydrogens (tertiary/aromatic N) is 4. The van der Waals surface area contributed by atoms with Crippen LogP contribution in [0.3, 0.4) is 0 Å². The summed E-state index contributed by atoms with van der Waals surface area (Å²) in [4.78, 5) is 9.79. The van der Waals surface area contributed by atoms with Gasteiger partial charge in [0.25, 0.3) is 0 Å². The van der Waals surface area contributed by atoms with E-state index < -0.39 is 0 Å². The fraction of sp³-hybridized carbons (Fsp3) is 0.104. The highest BCUT2D eigenvalue weighted by molar-refractivity contribution is 7.26. The lowest BCUT2D eigenvalue weighted by atomic mass is 10.00. The Labute approximate surface area is 318 Å². The van der Waals surface area contributed by atoms with E-state index in [1.165, 1.54) is 59.0 Å². The number of hydrogen-bond acceptors (Lipinski definition) is 5. The molecule has 4 heterocycles. The third-order valence-electron chi connectivity index (χ3n) is 10.4. The van der Waals surface area contributed by atoms with Gasteiger partial charge in [0.15, 0.2) is 0 Å². The van der Waals surface area contributed by atoms with E-state index >= 15 is 0 Å². The molecular weight excluding hydrogens is 681 g/mol. The van der Waals surface area contributed by atoms with Crippen LogP contribution in [0.15, 0.2) is 164 Å². The normalized spacial score (nSPS) is 13.6. The van der Waals surface area contributed by atoms with Gasteiger partial charge in [0.2, 0.25) is 0 Å². The van der Waals surface area contributed by atoms with Gasteiger partial charge in [0, 0.05) is 71.6 Å². The third kappa shape index (κ3) is 5.33. The van der Waals surface area contributed by atoms with Crippen molar-refractivity contribution in [3.63, 3.8) is 0 Å². The van der Waals surface area contributed by atoms with Crippen molar-refractivity contribution in [2.75, 3.05) is 11.6 Å². The Morgan fingerprint density at radius 1 is 0.593 bits per heavy atom. The zero-order chi connectivity index (χ0) is 36.4. The lowest BCUT2D eigenvalue weighted by molar-refractivity contribution is 0.237. The molecule has 0 saturated heterocycles. The Balaban J connectivity index is 1.10. The summed E-state index contributed by atoms with van der Waals surface area (Å²) in [5.74, 6) is 2.43. The van der Waals surface area contributed by atoms with E-state index in [1.54, 1.807) is 0 Å². The quantitative estimate of drug-likeness (QED) is 0.171. The van der Waals surface area contributed by atoms with Gasteiger partial charge < -0.3 is 14.5 Å². The molecule has 0 fully saturated rings. The van der Waals surface area contributed by atoms with Crippen molar-refractivity contribution >= 4 is 70.4 Å². The summed E-state index contributed by atoms with van der Waals surface area (Å²) in [6.07, 6.45) is 1.87. The molecule has 0 aliphatic carbocycles. The second kappa shape index (κ2) is 12.6. The van der Waals surface area contributed by atoms with Crippen LogP contribution in [0.4, 0.5) is 5.69 Å². The number of rotatable bonds is 6. The molecule has 6 heteroatoms. The van der Waals surface area contributed by atoms with Crippen LogP contribution in [0.1, 0.15) is 31.9 Å². The summed E-state index contributed by atoms with van der Waals surface area (Å²) in [6.45, 7) is 7.57. The lowest BCUT2D eigenvalue weighted by Crippen LogP contribution is -2.41. The Bertz CT molecular complexity index is 2870. The molecule has 0 radical (unpaired) electrons. The van der Waals surface area contributed by atoms with Crippen molar-refractivity contribution in [2.45, 2.75) is 26.3 Å². The lowest BCUT2D eigenvalue weighted by Gasteiger charge is -2.36. The number of pyridine rings is 1. The van der Waals surface area contributed by atoms with Crippen molar-refractivity contribution < 1.29 is 4.74 Å². The molecule has 5 nitrogen and oxygen atoms in total. The first kappa shape index (κ1) is 32.3. The monoisotopic (exact) mass is 718 g/mol. The average Bonchev–Trinajstić information content (AvgIpc) is 3.89. The second-order valence-electron chi connectivity index (χ2n) is 14.8. The Hall–Kier alpha value is -6.37. The molecule has 6 aromatic carbocycles. The van der Waals surface area contributed by atoms with Crippen molar-refractivity contribution in [3.05, 3.63) is 175 Å². The number of fused-ring (bicyclic) bond motifs is 7. The molecule has 0 bridgehead atoms. The molecule has 0 spiro atoms. The third-order valence-corrected chi connectivity index (χ3v) is 11.6. The SMILES string of the molecule is CC(C)(C)N1CN(c2cccc(Oc3ccc4c5ccc6sc7ccccc7c6c5n(-c5ccccn5)c4c3)c2)C(c2ccccc2)=C1c1ccccc1. The minimum Gasteiger partial charge on any atom is -0.457 e. The van der Waals surface area contributed by atoms with Crippen molar-refractivity contribution in [3.8, 4) is 17.3 Å². The highest BCUT2D eigenvalue weighted by Crippen LogP contribution is 2.46. The molecule has 54 heavy (non-hydrogen) atoms. The molecule has 262 valence electrons. The molecule has 1 aliphatic rings. The molecule has 10 rings (SSSR count). The van der Waals surface area contributed by atoms with Gasteiger partial charge in [-0.2, -0.15) is 0 Å². The Kier molecular flexibility index (Phi) is 7.56. The molecular formula is C48H38N4OS. The first-order valence-corrected chi connectivity index (χ1v) is 19.2. The van der Waals surface area contributed by atoms with Crippen LogP contribution in [0.2, 0.25) is 0 Å². The van der Waals surface area contributed by atoms with Gasteiger partial charge in [-0.25, -0.2) is 4.98 Å². The molecule has 0 atom stereocenters. The van der Waals surface area contributed by atoms with Crippen LogP contribution in [0.25, 0.3) is 59.2 Å². The van der Waals surface area contributed by atoms with Crippen LogP contribution in [-0.4, -0.2) is 26.7 Å². The molecule has 0 unspecified atom stereocenters. The highest BCUT2D eigenvalue weighted by atomic mass is 32.1. The van der Waals surface area contributed by atoms with Crippen LogP contribution in [0.5, 0.6) is 11.5 Å². The first-order chi connectivity index (χ1) is 26.4. The number of thiophene rings is 1. The van der Waals surface area contributed by atoms with E-state index in [4.69, 9.17) is 9.72 Å². The van der Waals surface area contributed by atoms with Crippen LogP contribution >= 0.6 is 11.3 Å². The largest absolute Gasteiger partial charge is 0.457 e. The molecule has 0 saturated carbocycles. The summed E-state index contributed by atoms with van der Waals surface area (Å²) in [7, 11) is 0. The van der Waals surface area contributed by atoms with Gasteiger partial charge in [-0.05, 0) is 69.3 Å². The van der Waals surface area contributed by atoms with Crippen molar-refractivity contribution in [1.82, 2.24) is 14.5 Å². The fourth-order valence-electron chi connectivity index (χ4n) is 8.01. The van der Waals surface area contributed by atoms with Crippen LogP contribution in [0, 0.1) is 0 Å². The predicted octanol–water partition coefficient (Wildman–Crippen LogP) is 12.7.